The molecular formula is C20H17BrN4O5S. The van der Waals surface area contributed by atoms with Gasteiger partial charge in [0.2, 0.25) is 0 Å². The number of halogens is 1. The monoisotopic (exact) mass is 504 g/mol. The molecule has 3 rings (SSSR count). The highest BCUT2D eigenvalue weighted by atomic mass is 79.9. The lowest BCUT2D eigenvalue weighted by atomic mass is 10.2. The maximum absolute atomic E-state index is 12.6. The van der Waals surface area contributed by atoms with Crippen LogP contribution in [-0.2, 0) is 10.0 Å². The van der Waals surface area contributed by atoms with Gasteiger partial charge < -0.3 is 4.74 Å². The van der Waals surface area contributed by atoms with E-state index in [4.69, 9.17) is 4.74 Å². The Labute approximate surface area is 187 Å². The standard InChI is InChI=1S/C20H17BrN4O5S/c1-30-17-8-6-16(7-9-17)24-31(28,29)18-10-11-19(20(12-18)25(26)27)23-22-13-14-2-4-15(21)5-3-14/h2-13,23-24H,1H3. The third-order valence-corrected chi connectivity index (χ3v) is 5.99. The van der Waals surface area contributed by atoms with Crippen LogP contribution in [0.3, 0.4) is 0 Å². The average molecular weight is 505 g/mol. The van der Waals surface area contributed by atoms with E-state index in [1.165, 1.54) is 37.6 Å². The predicted molar refractivity (Wildman–Crippen MR) is 122 cm³/mol. The molecule has 0 aliphatic heterocycles. The van der Waals surface area contributed by atoms with Crippen molar-refractivity contribution in [3.05, 3.63) is 86.9 Å². The Morgan fingerprint density at radius 2 is 1.74 bits per heavy atom. The first-order valence-corrected chi connectivity index (χ1v) is 11.1. The summed E-state index contributed by atoms with van der Waals surface area (Å²) in [5, 5.41) is 15.5. The van der Waals surface area contributed by atoms with Crippen LogP contribution in [0, 0.1) is 10.1 Å². The minimum absolute atomic E-state index is 0.0572. The van der Waals surface area contributed by atoms with E-state index >= 15 is 0 Å². The summed E-state index contributed by atoms with van der Waals surface area (Å²) in [5.41, 5.74) is 3.29. The zero-order valence-electron chi connectivity index (χ0n) is 16.2. The molecule has 0 atom stereocenters. The highest BCUT2D eigenvalue weighted by Gasteiger charge is 2.21. The van der Waals surface area contributed by atoms with Crippen LogP contribution in [0.25, 0.3) is 0 Å². The first-order valence-electron chi connectivity index (χ1n) is 8.78. The fraction of sp³-hybridized carbons (Fsp3) is 0.0500. The third kappa shape index (κ3) is 5.80. The number of rotatable bonds is 8. The van der Waals surface area contributed by atoms with Crippen molar-refractivity contribution in [3.63, 3.8) is 0 Å². The summed E-state index contributed by atoms with van der Waals surface area (Å²) in [6.07, 6.45) is 1.49. The summed E-state index contributed by atoms with van der Waals surface area (Å²) in [4.78, 5) is 10.6. The number of hydrazone groups is 1. The van der Waals surface area contributed by atoms with Crippen molar-refractivity contribution >= 4 is 49.2 Å². The normalized spacial score (nSPS) is 11.3. The number of hydrogen-bond donors (Lipinski definition) is 2. The van der Waals surface area contributed by atoms with Crippen LogP contribution < -0.4 is 14.9 Å². The molecule has 160 valence electrons. The number of sulfonamides is 1. The van der Waals surface area contributed by atoms with Gasteiger partial charge >= 0.3 is 0 Å². The highest BCUT2D eigenvalue weighted by Crippen LogP contribution is 2.29. The summed E-state index contributed by atoms with van der Waals surface area (Å²) in [5.74, 6) is 0.567. The van der Waals surface area contributed by atoms with E-state index in [0.717, 1.165) is 16.1 Å². The smallest absolute Gasteiger partial charge is 0.295 e. The van der Waals surface area contributed by atoms with Gasteiger partial charge in [-0.3, -0.25) is 20.3 Å². The minimum atomic E-state index is -4.04. The second kappa shape index (κ2) is 9.58. The number of nitro groups is 1. The van der Waals surface area contributed by atoms with Crippen LogP contribution in [-0.4, -0.2) is 26.7 Å². The van der Waals surface area contributed by atoms with Gasteiger partial charge in [0.25, 0.3) is 15.7 Å². The van der Waals surface area contributed by atoms with Crippen molar-refractivity contribution in [2.24, 2.45) is 5.10 Å². The quantitative estimate of drug-likeness (QED) is 0.262. The second-order valence-electron chi connectivity index (χ2n) is 6.19. The number of benzene rings is 3. The Balaban J connectivity index is 1.81. The molecule has 0 saturated heterocycles. The lowest BCUT2D eigenvalue weighted by molar-refractivity contribution is -0.384. The van der Waals surface area contributed by atoms with E-state index < -0.39 is 20.6 Å². The Bertz CT molecular complexity index is 1210. The molecule has 0 aliphatic rings. The lowest BCUT2D eigenvalue weighted by Gasteiger charge is -2.10. The van der Waals surface area contributed by atoms with Crippen LogP contribution in [0.4, 0.5) is 17.1 Å². The maximum Gasteiger partial charge on any atom is 0.295 e. The van der Waals surface area contributed by atoms with E-state index in [2.05, 4.69) is 31.2 Å². The summed E-state index contributed by atoms with van der Waals surface area (Å²) in [6, 6.07) is 17.1. The van der Waals surface area contributed by atoms with Crippen molar-refractivity contribution in [3.8, 4) is 5.75 Å². The molecule has 0 fully saturated rings. The first-order chi connectivity index (χ1) is 14.8. The summed E-state index contributed by atoms with van der Waals surface area (Å²) < 4.78 is 33.6. The van der Waals surface area contributed by atoms with Crippen LogP contribution in [0.5, 0.6) is 5.75 Å². The van der Waals surface area contributed by atoms with Gasteiger partial charge in [-0.2, -0.15) is 5.10 Å². The van der Waals surface area contributed by atoms with Crippen molar-refractivity contribution in [2.45, 2.75) is 4.90 Å². The van der Waals surface area contributed by atoms with Gasteiger partial charge in [-0.15, -0.1) is 0 Å². The zero-order valence-corrected chi connectivity index (χ0v) is 18.6. The highest BCUT2D eigenvalue weighted by molar-refractivity contribution is 9.10. The lowest BCUT2D eigenvalue weighted by Crippen LogP contribution is -2.13. The molecule has 31 heavy (non-hydrogen) atoms. The van der Waals surface area contributed by atoms with E-state index in [9.17, 15) is 18.5 Å². The van der Waals surface area contributed by atoms with Crippen molar-refractivity contribution in [1.82, 2.24) is 0 Å². The van der Waals surface area contributed by atoms with Gasteiger partial charge in [0.1, 0.15) is 11.4 Å². The fourth-order valence-corrected chi connectivity index (χ4v) is 3.87. The summed E-state index contributed by atoms with van der Waals surface area (Å²) >= 11 is 3.33. The molecule has 0 bridgehead atoms. The number of anilines is 2. The summed E-state index contributed by atoms with van der Waals surface area (Å²) in [7, 11) is -2.54. The van der Waals surface area contributed by atoms with E-state index in [-0.39, 0.29) is 10.6 Å². The summed E-state index contributed by atoms with van der Waals surface area (Å²) in [6.45, 7) is 0. The van der Waals surface area contributed by atoms with Gasteiger partial charge in [0.15, 0.2) is 0 Å². The van der Waals surface area contributed by atoms with E-state index in [1.54, 1.807) is 12.1 Å². The van der Waals surface area contributed by atoms with Crippen LogP contribution in [0.1, 0.15) is 5.56 Å². The Kier molecular flexibility index (Phi) is 6.88. The number of hydrogen-bond acceptors (Lipinski definition) is 7. The van der Waals surface area contributed by atoms with Crippen LogP contribution in [0.15, 0.2) is 81.2 Å². The van der Waals surface area contributed by atoms with Gasteiger partial charge in [-0.25, -0.2) is 8.42 Å². The topological polar surface area (TPSA) is 123 Å². The van der Waals surface area contributed by atoms with Crippen molar-refractivity contribution in [1.29, 1.82) is 0 Å². The van der Waals surface area contributed by atoms with Crippen molar-refractivity contribution in [2.75, 3.05) is 17.3 Å². The number of methoxy groups -OCH3 is 1. The third-order valence-electron chi connectivity index (χ3n) is 4.09. The molecule has 0 spiro atoms. The number of nitro benzene ring substituents is 1. The number of nitrogens with zero attached hydrogens (tertiary/aromatic N) is 2. The molecule has 0 amide bonds. The van der Waals surface area contributed by atoms with E-state index in [1.807, 2.05) is 24.3 Å². The van der Waals surface area contributed by atoms with Gasteiger partial charge in [-0.05, 0) is 54.1 Å². The first kappa shape index (κ1) is 22.2. The molecule has 9 nitrogen and oxygen atoms in total. The molecule has 3 aromatic carbocycles. The molecule has 11 heteroatoms. The van der Waals surface area contributed by atoms with Gasteiger partial charge in [-0.1, -0.05) is 28.1 Å². The maximum atomic E-state index is 12.6. The molecule has 0 saturated carbocycles. The Hall–Kier alpha value is -3.44. The average Bonchev–Trinajstić information content (AvgIpc) is 2.75. The molecular weight excluding hydrogens is 488 g/mol. The zero-order chi connectivity index (χ0) is 22.4. The number of nitrogens with one attached hydrogen (secondary N) is 2. The fourth-order valence-electron chi connectivity index (χ4n) is 2.52. The minimum Gasteiger partial charge on any atom is -0.497 e. The molecule has 0 radical (unpaired) electrons. The Morgan fingerprint density at radius 1 is 1.06 bits per heavy atom. The SMILES string of the molecule is COc1ccc(NS(=O)(=O)c2ccc(NN=Cc3ccc(Br)cc3)c([N+](=O)[O-])c2)cc1. The van der Waals surface area contributed by atoms with E-state index in [0.29, 0.717) is 11.4 Å². The largest absolute Gasteiger partial charge is 0.497 e. The van der Waals surface area contributed by atoms with Crippen LogP contribution >= 0.6 is 15.9 Å². The molecule has 0 aliphatic carbocycles. The molecule has 3 aromatic rings. The van der Waals surface area contributed by atoms with Crippen LogP contribution in [0.2, 0.25) is 0 Å². The van der Waals surface area contributed by atoms with Gasteiger partial charge in [0, 0.05) is 16.2 Å². The van der Waals surface area contributed by atoms with Gasteiger partial charge in [0.05, 0.1) is 23.1 Å². The predicted octanol–water partition coefficient (Wildman–Crippen LogP) is 4.61. The molecule has 2 N–H and O–H groups in total. The van der Waals surface area contributed by atoms with Crippen molar-refractivity contribution < 1.29 is 18.1 Å². The Morgan fingerprint density at radius 3 is 2.35 bits per heavy atom. The second-order valence-corrected chi connectivity index (χ2v) is 8.79. The molecule has 0 heterocycles. The number of ether oxygens (including phenoxy) is 1. The molecule has 0 aromatic heterocycles. The molecule has 0 unspecified atom stereocenters.